The zero-order valence-electron chi connectivity index (χ0n) is 11.0. The van der Waals surface area contributed by atoms with Crippen LogP contribution in [0.25, 0.3) is 10.9 Å². The number of carboxylic acid groups (broad SMARTS) is 1. The molecule has 4 nitrogen and oxygen atoms in total. The summed E-state index contributed by atoms with van der Waals surface area (Å²) in [7, 11) is 1.48. The summed E-state index contributed by atoms with van der Waals surface area (Å²) in [6, 6.07) is 2.98. The van der Waals surface area contributed by atoms with Crippen molar-refractivity contribution in [3.05, 3.63) is 40.3 Å². The summed E-state index contributed by atoms with van der Waals surface area (Å²) in [5.74, 6) is -1.61. The number of carbonyl (C=O) groups is 1. The van der Waals surface area contributed by atoms with Gasteiger partial charge in [-0.1, -0.05) is 0 Å². The van der Waals surface area contributed by atoms with E-state index in [1.54, 1.807) is 19.9 Å². The molecule has 0 fully saturated rings. The minimum absolute atomic E-state index is 0.0620. The largest absolute Gasteiger partial charge is 0.478 e. The van der Waals surface area contributed by atoms with E-state index in [4.69, 9.17) is 4.74 Å². The van der Waals surface area contributed by atoms with Crippen molar-refractivity contribution < 1.29 is 19.0 Å². The number of pyridine rings is 1. The fourth-order valence-corrected chi connectivity index (χ4v) is 2.18. The lowest BCUT2D eigenvalue weighted by Crippen LogP contribution is -2.09. The normalized spacial score (nSPS) is 10.9. The molecule has 0 radical (unpaired) electrons. The monoisotopic (exact) mass is 263 g/mol. The Hall–Kier alpha value is -2.01. The molecule has 0 amide bonds. The second kappa shape index (κ2) is 4.93. The van der Waals surface area contributed by atoms with Crippen molar-refractivity contribution in [2.45, 2.75) is 20.5 Å². The number of rotatable bonds is 3. The number of halogens is 1. The van der Waals surface area contributed by atoms with E-state index in [-0.39, 0.29) is 17.7 Å². The first-order valence-corrected chi connectivity index (χ1v) is 5.77. The van der Waals surface area contributed by atoms with E-state index in [2.05, 4.69) is 4.98 Å². The average Bonchev–Trinajstić information content (AvgIpc) is 2.31. The van der Waals surface area contributed by atoms with Crippen molar-refractivity contribution in [3.8, 4) is 0 Å². The van der Waals surface area contributed by atoms with E-state index in [1.807, 2.05) is 0 Å². The summed E-state index contributed by atoms with van der Waals surface area (Å²) in [6.07, 6.45) is 0. The third-order valence-electron chi connectivity index (χ3n) is 3.00. The fourth-order valence-electron chi connectivity index (χ4n) is 2.18. The van der Waals surface area contributed by atoms with Crippen LogP contribution in [0.1, 0.15) is 27.2 Å². The van der Waals surface area contributed by atoms with Crippen LogP contribution in [0.2, 0.25) is 0 Å². The molecule has 2 aromatic rings. The highest BCUT2D eigenvalue weighted by molar-refractivity contribution is 6.04. The number of fused-ring (bicyclic) bond motifs is 1. The molecule has 1 N–H and O–H groups in total. The maximum absolute atomic E-state index is 13.9. The summed E-state index contributed by atoms with van der Waals surface area (Å²) in [5.41, 5.74) is 1.75. The second-order valence-electron chi connectivity index (χ2n) is 4.43. The van der Waals surface area contributed by atoms with Gasteiger partial charge in [0.2, 0.25) is 0 Å². The van der Waals surface area contributed by atoms with Gasteiger partial charge < -0.3 is 9.84 Å². The summed E-state index contributed by atoms with van der Waals surface area (Å²) in [5, 5.41) is 9.70. The maximum Gasteiger partial charge on any atom is 0.336 e. The van der Waals surface area contributed by atoms with Crippen molar-refractivity contribution in [2.75, 3.05) is 7.11 Å². The Labute approximate surface area is 109 Å². The Morgan fingerprint density at radius 1 is 1.42 bits per heavy atom. The van der Waals surface area contributed by atoms with E-state index in [1.165, 1.54) is 13.2 Å². The average molecular weight is 263 g/mol. The minimum atomic E-state index is -1.10. The van der Waals surface area contributed by atoms with Gasteiger partial charge in [0.15, 0.2) is 0 Å². The molecule has 5 heteroatoms. The Kier molecular flexibility index (Phi) is 3.48. The molecule has 19 heavy (non-hydrogen) atoms. The summed E-state index contributed by atoms with van der Waals surface area (Å²) in [4.78, 5) is 15.6. The van der Waals surface area contributed by atoms with Gasteiger partial charge in [0.1, 0.15) is 11.3 Å². The van der Waals surface area contributed by atoms with Crippen LogP contribution in [-0.2, 0) is 11.3 Å². The lowest BCUT2D eigenvalue weighted by atomic mass is 9.99. The molecule has 0 bridgehead atoms. The van der Waals surface area contributed by atoms with Crippen molar-refractivity contribution in [1.82, 2.24) is 4.98 Å². The number of aromatic carboxylic acids is 1. The summed E-state index contributed by atoms with van der Waals surface area (Å²) < 4.78 is 18.9. The molecule has 0 atom stereocenters. The van der Waals surface area contributed by atoms with E-state index < -0.39 is 11.8 Å². The van der Waals surface area contributed by atoms with Gasteiger partial charge in [-0.15, -0.1) is 0 Å². The number of aromatic nitrogens is 1. The number of nitrogens with zero attached hydrogens (tertiary/aromatic N) is 1. The Bertz CT molecular complexity index is 668. The van der Waals surface area contributed by atoms with Gasteiger partial charge in [0.25, 0.3) is 0 Å². The van der Waals surface area contributed by atoms with E-state index in [9.17, 15) is 14.3 Å². The molecule has 0 spiro atoms. The van der Waals surface area contributed by atoms with Gasteiger partial charge in [-0.25, -0.2) is 14.2 Å². The predicted octanol–water partition coefficient (Wildman–Crippen LogP) is 2.84. The number of methoxy groups -OCH3 is 1. The van der Waals surface area contributed by atoms with Gasteiger partial charge in [-0.2, -0.15) is 0 Å². The molecule has 2 rings (SSSR count). The minimum Gasteiger partial charge on any atom is -0.478 e. The molecule has 1 heterocycles. The van der Waals surface area contributed by atoms with Crippen molar-refractivity contribution >= 4 is 16.9 Å². The maximum atomic E-state index is 13.9. The topological polar surface area (TPSA) is 59.4 Å². The molecule has 0 unspecified atom stereocenters. The molecule has 1 aromatic heterocycles. The fraction of sp³-hybridized carbons (Fsp3) is 0.286. The van der Waals surface area contributed by atoms with Crippen LogP contribution < -0.4 is 0 Å². The Balaban J connectivity index is 2.94. The molecule has 0 saturated carbocycles. The predicted molar refractivity (Wildman–Crippen MR) is 68.8 cm³/mol. The highest BCUT2D eigenvalue weighted by atomic mass is 19.1. The number of ether oxygens (including phenoxy) is 1. The van der Waals surface area contributed by atoms with Crippen LogP contribution in [0.3, 0.4) is 0 Å². The summed E-state index contributed by atoms with van der Waals surface area (Å²) >= 11 is 0. The molecular weight excluding hydrogens is 249 g/mol. The van der Waals surface area contributed by atoms with Crippen molar-refractivity contribution in [3.63, 3.8) is 0 Å². The first-order chi connectivity index (χ1) is 8.95. The van der Waals surface area contributed by atoms with Gasteiger partial charge in [0, 0.05) is 23.8 Å². The van der Waals surface area contributed by atoms with Crippen molar-refractivity contribution in [1.29, 1.82) is 0 Å². The Morgan fingerprint density at radius 2 is 2.11 bits per heavy atom. The van der Waals surface area contributed by atoms with Gasteiger partial charge in [-0.3, -0.25) is 0 Å². The van der Waals surface area contributed by atoms with E-state index in [0.717, 1.165) is 0 Å². The van der Waals surface area contributed by atoms with Crippen LogP contribution >= 0.6 is 0 Å². The Morgan fingerprint density at radius 3 is 2.68 bits per heavy atom. The van der Waals surface area contributed by atoms with E-state index >= 15 is 0 Å². The second-order valence-corrected chi connectivity index (χ2v) is 4.43. The molecule has 0 aliphatic heterocycles. The van der Waals surface area contributed by atoms with Gasteiger partial charge >= 0.3 is 5.97 Å². The highest BCUT2D eigenvalue weighted by Crippen LogP contribution is 2.27. The van der Waals surface area contributed by atoms with Crippen LogP contribution in [0.5, 0.6) is 0 Å². The lowest BCUT2D eigenvalue weighted by molar-refractivity contribution is 0.0694. The van der Waals surface area contributed by atoms with Gasteiger partial charge in [0.05, 0.1) is 12.2 Å². The van der Waals surface area contributed by atoms with Crippen molar-refractivity contribution in [2.24, 2.45) is 0 Å². The smallest absolute Gasteiger partial charge is 0.336 e. The molecule has 100 valence electrons. The molecule has 0 aliphatic rings. The third-order valence-corrected chi connectivity index (χ3v) is 3.00. The number of hydrogen-bond acceptors (Lipinski definition) is 3. The number of aryl methyl sites for hydroxylation is 2. The first kappa shape index (κ1) is 13.4. The quantitative estimate of drug-likeness (QED) is 0.925. The first-order valence-electron chi connectivity index (χ1n) is 5.77. The van der Waals surface area contributed by atoms with Gasteiger partial charge in [-0.05, 0) is 31.5 Å². The zero-order chi connectivity index (χ0) is 14.2. The molecule has 0 aliphatic carbocycles. The molecule has 1 aromatic carbocycles. The van der Waals surface area contributed by atoms with Crippen LogP contribution in [-0.4, -0.2) is 23.2 Å². The molecule has 0 saturated heterocycles. The zero-order valence-corrected chi connectivity index (χ0v) is 11.0. The number of hydrogen-bond donors (Lipinski definition) is 1. The van der Waals surface area contributed by atoms with Crippen LogP contribution in [0.15, 0.2) is 12.1 Å². The number of carboxylic acids is 1. The highest BCUT2D eigenvalue weighted by Gasteiger charge is 2.20. The van der Waals surface area contributed by atoms with E-state index in [0.29, 0.717) is 22.2 Å². The third kappa shape index (κ3) is 2.29. The number of benzene rings is 1. The summed E-state index contributed by atoms with van der Waals surface area (Å²) in [6.45, 7) is 3.50. The van der Waals surface area contributed by atoms with Crippen LogP contribution in [0.4, 0.5) is 4.39 Å². The molecular formula is C14H14FNO3. The SMILES string of the molecule is COCc1c(C)nc2c(F)cc(C)cc2c1C(=O)O. The standard InChI is InChI=1S/C14H14FNO3/c1-7-4-9-12(14(17)18)10(6-19-3)8(2)16-13(9)11(15)5-7/h4-5H,6H2,1-3H3,(H,17,18). The lowest BCUT2D eigenvalue weighted by Gasteiger charge is -2.13. The van der Waals surface area contributed by atoms with Crippen LogP contribution in [0, 0.1) is 19.7 Å².